The number of amides is 2. The Labute approximate surface area is 139 Å². The van der Waals surface area contributed by atoms with Gasteiger partial charge in [0.15, 0.2) is 0 Å². The molecule has 0 radical (unpaired) electrons. The first kappa shape index (κ1) is 17.1. The molecule has 1 aliphatic rings. The fraction of sp³-hybridized carbons (Fsp3) is 0.467. The number of hydrogen-bond donors (Lipinski definition) is 2. The Hall–Kier alpha value is -1.24. The number of anilines is 1. The van der Waals surface area contributed by atoms with Gasteiger partial charge in [-0.1, -0.05) is 11.6 Å². The molecule has 0 aliphatic carbocycles. The number of nitrogens with zero attached hydrogens (tertiary/aromatic N) is 1. The van der Waals surface area contributed by atoms with Gasteiger partial charge < -0.3 is 15.5 Å². The summed E-state index contributed by atoms with van der Waals surface area (Å²) < 4.78 is 0. The van der Waals surface area contributed by atoms with Crippen molar-refractivity contribution in [3.8, 4) is 0 Å². The normalized spacial score (nSPS) is 17.9. The van der Waals surface area contributed by atoms with Gasteiger partial charge in [0.05, 0.1) is 10.6 Å². The average Bonchev–Trinajstić information content (AvgIpc) is 2.49. The predicted octanol–water partition coefficient (Wildman–Crippen LogP) is 2.08. The Morgan fingerprint density at radius 3 is 2.86 bits per heavy atom. The molecule has 0 saturated carbocycles. The van der Waals surface area contributed by atoms with Crippen LogP contribution in [-0.2, 0) is 4.79 Å². The Kier molecular flexibility index (Phi) is 6.11. The van der Waals surface area contributed by atoms with Crippen LogP contribution in [0, 0.1) is 0 Å². The zero-order valence-electron chi connectivity index (χ0n) is 12.7. The highest BCUT2D eigenvalue weighted by atomic mass is 35.5. The molecule has 1 aliphatic heterocycles. The van der Waals surface area contributed by atoms with Crippen LogP contribution in [0.25, 0.3) is 0 Å². The first-order chi connectivity index (χ1) is 10.5. The fourth-order valence-electron chi connectivity index (χ4n) is 2.19. The van der Waals surface area contributed by atoms with E-state index in [9.17, 15) is 9.59 Å². The van der Waals surface area contributed by atoms with Gasteiger partial charge in [-0.2, -0.15) is 11.8 Å². The maximum absolute atomic E-state index is 12.1. The largest absolute Gasteiger partial charge is 0.345 e. The van der Waals surface area contributed by atoms with E-state index >= 15 is 0 Å². The van der Waals surface area contributed by atoms with Gasteiger partial charge in [-0.15, -0.1) is 0 Å². The number of carbonyl (C=O) groups excluding carboxylic acids is 2. The minimum Gasteiger partial charge on any atom is -0.345 e. The predicted molar refractivity (Wildman–Crippen MR) is 91.8 cm³/mol. The molecule has 1 atom stereocenters. The minimum atomic E-state index is -0.188. The maximum Gasteiger partial charge on any atom is 0.254 e. The number of benzene rings is 1. The van der Waals surface area contributed by atoms with Crippen LogP contribution in [-0.4, -0.2) is 54.9 Å². The Morgan fingerprint density at radius 2 is 2.23 bits per heavy atom. The van der Waals surface area contributed by atoms with Crippen molar-refractivity contribution in [2.24, 2.45) is 0 Å². The monoisotopic (exact) mass is 341 g/mol. The molecule has 2 rings (SSSR count). The van der Waals surface area contributed by atoms with E-state index in [2.05, 4.69) is 10.6 Å². The second-order valence-electron chi connectivity index (χ2n) is 5.37. The van der Waals surface area contributed by atoms with Crippen LogP contribution in [0.5, 0.6) is 0 Å². The van der Waals surface area contributed by atoms with E-state index in [0.29, 0.717) is 22.7 Å². The van der Waals surface area contributed by atoms with Crippen LogP contribution in [0.2, 0.25) is 5.02 Å². The van der Waals surface area contributed by atoms with Crippen molar-refractivity contribution in [2.45, 2.75) is 12.5 Å². The molecule has 7 heteroatoms. The smallest absolute Gasteiger partial charge is 0.254 e. The van der Waals surface area contributed by atoms with Crippen molar-refractivity contribution in [3.05, 3.63) is 28.8 Å². The van der Waals surface area contributed by atoms with Crippen molar-refractivity contribution >= 4 is 40.9 Å². The van der Waals surface area contributed by atoms with Gasteiger partial charge in [0, 0.05) is 50.3 Å². The minimum absolute atomic E-state index is 0.0643. The van der Waals surface area contributed by atoms with Crippen molar-refractivity contribution < 1.29 is 9.59 Å². The van der Waals surface area contributed by atoms with Crippen LogP contribution >= 0.6 is 23.4 Å². The summed E-state index contributed by atoms with van der Waals surface area (Å²) in [5, 5.41) is 6.54. The molecule has 2 amide bonds. The Bertz CT molecular complexity index is 560. The highest BCUT2D eigenvalue weighted by molar-refractivity contribution is 7.99. The zero-order valence-corrected chi connectivity index (χ0v) is 14.3. The molecule has 1 saturated heterocycles. The molecule has 1 fully saturated rings. The first-order valence-electron chi connectivity index (χ1n) is 7.09. The SMILES string of the molecule is CN(C)C(=O)c1cc(NC(=O)CC2CSCCN2)ccc1Cl. The Morgan fingerprint density at radius 1 is 1.45 bits per heavy atom. The molecule has 1 aromatic rings. The van der Waals surface area contributed by atoms with Gasteiger partial charge in [-0.05, 0) is 18.2 Å². The molecule has 5 nitrogen and oxygen atoms in total. The van der Waals surface area contributed by atoms with Crippen molar-refractivity contribution in [3.63, 3.8) is 0 Å². The lowest BCUT2D eigenvalue weighted by Gasteiger charge is -2.22. The lowest BCUT2D eigenvalue weighted by Crippen LogP contribution is -2.39. The molecule has 1 heterocycles. The molecule has 0 aromatic heterocycles. The quantitative estimate of drug-likeness (QED) is 0.880. The van der Waals surface area contributed by atoms with Crippen LogP contribution in [0.15, 0.2) is 18.2 Å². The lowest BCUT2D eigenvalue weighted by atomic mass is 10.1. The first-order valence-corrected chi connectivity index (χ1v) is 8.63. The Balaban J connectivity index is 2.01. The van der Waals surface area contributed by atoms with E-state index in [1.165, 1.54) is 4.90 Å². The highest BCUT2D eigenvalue weighted by Gasteiger charge is 2.18. The van der Waals surface area contributed by atoms with Gasteiger partial charge in [0.2, 0.25) is 5.91 Å². The van der Waals surface area contributed by atoms with E-state index in [1.807, 2.05) is 11.8 Å². The fourth-order valence-corrected chi connectivity index (χ4v) is 3.34. The molecule has 2 N–H and O–H groups in total. The summed E-state index contributed by atoms with van der Waals surface area (Å²) in [6.45, 7) is 0.936. The second-order valence-corrected chi connectivity index (χ2v) is 6.93. The summed E-state index contributed by atoms with van der Waals surface area (Å²) >= 11 is 7.91. The number of carbonyl (C=O) groups is 2. The molecule has 1 unspecified atom stereocenters. The maximum atomic E-state index is 12.1. The third-order valence-corrected chi connectivity index (χ3v) is 4.78. The van der Waals surface area contributed by atoms with Crippen molar-refractivity contribution in [2.75, 3.05) is 37.5 Å². The van der Waals surface area contributed by atoms with Crippen molar-refractivity contribution in [1.82, 2.24) is 10.2 Å². The standard InChI is InChI=1S/C15H20ClN3O2S/c1-19(2)15(21)12-7-10(3-4-13(12)16)18-14(20)8-11-9-22-6-5-17-11/h3-4,7,11,17H,5-6,8-9H2,1-2H3,(H,18,20). The summed E-state index contributed by atoms with van der Waals surface area (Å²) in [6.07, 6.45) is 0.423. The van der Waals surface area contributed by atoms with Gasteiger partial charge >= 0.3 is 0 Å². The number of rotatable bonds is 4. The highest BCUT2D eigenvalue weighted by Crippen LogP contribution is 2.22. The van der Waals surface area contributed by atoms with Crippen molar-refractivity contribution in [1.29, 1.82) is 0 Å². The molecule has 22 heavy (non-hydrogen) atoms. The van der Waals surface area contributed by atoms with Gasteiger partial charge in [-0.25, -0.2) is 0 Å². The summed E-state index contributed by atoms with van der Waals surface area (Å²) in [7, 11) is 3.33. The van der Waals surface area contributed by atoms with Crippen LogP contribution < -0.4 is 10.6 Å². The molecule has 0 spiro atoms. The number of hydrogen-bond acceptors (Lipinski definition) is 4. The van der Waals surface area contributed by atoms with Gasteiger partial charge in [-0.3, -0.25) is 9.59 Å². The zero-order chi connectivity index (χ0) is 16.1. The lowest BCUT2D eigenvalue weighted by molar-refractivity contribution is -0.116. The molecule has 0 bridgehead atoms. The summed E-state index contributed by atoms with van der Waals surface area (Å²) in [5.74, 6) is 1.78. The third-order valence-electron chi connectivity index (χ3n) is 3.32. The van der Waals surface area contributed by atoms with E-state index in [4.69, 9.17) is 11.6 Å². The van der Waals surface area contributed by atoms with E-state index in [1.54, 1.807) is 32.3 Å². The summed E-state index contributed by atoms with van der Waals surface area (Å²) in [6, 6.07) is 5.15. The summed E-state index contributed by atoms with van der Waals surface area (Å²) in [4.78, 5) is 25.6. The molecular formula is C15H20ClN3O2S. The van der Waals surface area contributed by atoms with E-state index in [-0.39, 0.29) is 17.9 Å². The van der Waals surface area contributed by atoms with E-state index in [0.717, 1.165) is 18.1 Å². The van der Waals surface area contributed by atoms with E-state index < -0.39 is 0 Å². The van der Waals surface area contributed by atoms with Gasteiger partial charge in [0.25, 0.3) is 5.91 Å². The second kappa shape index (κ2) is 7.85. The molecule has 120 valence electrons. The number of nitrogens with one attached hydrogen (secondary N) is 2. The third kappa shape index (κ3) is 4.63. The van der Waals surface area contributed by atoms with Crippen LogP contribution in [0.1, 0.15) is 16.8 Å². The average molecular weight is 342 g/mol. The number of halogens is 1. The van der Waals surface area contributed by atoms with Crippen LogP contribution in [0.3, 0.4) is 0 Å². The molecular weight excluding hydrogens is 322 g/mol. The van der Waals surface area contributed by atoms with Crippen LogP contribution in [0.4, 0.5) is 5.69 Å². The summed E-state index contributed by atoms with van der Waals surface area (Å²) in [5.41, 5.74) is 0.971. The van der Waals surface area contributed by atoms with Gasteiger partial charge in [0.1, 0.15) is 0 Å². The number of thioether (sulfide) groups is 1. The molecule has 1 aromatic carbocycles. The topological polar surface area (TPSA) is 61.4 Å².